The van der Waals surface area contributed by atoms with Gasteiger partial charge in [-0.15, -0.1) is 0 Å². The second kappa shape index (κ2) is 10.9. The molecular formula is C43H29N3. The molecule has 3 nitrogen and oxygen atoms in total. The van der Waals surface area contributed by atoms with E-state index in [2.05, 4.69) is 152 Å². The molecule has 0 N–H and O–H groups in total. The predicted molar refractivity (Wildman–Crippen MR) is 187 cm³/mol. The van der Waals surface area contributed by atoms with Crippen LogP contribution < -0.4 is 0 Å². The molecule has 9 rings (SSSR count). The highest BCUT2D eigenvalue weighted by Crippen LogP contribution is 2.50. The van der Waals surface area contributed by atoms with Crippen LogP contribution in [0.3, 0.4) is 0 Å². The summed E-state index contributed by atoms with van der Waals surface area (Å²) in [7, 11) is 0. The first-order chi connectivity index (χ1) is 22.8. The molecule has 5 aromatic rings. The first-order valence-corrected chi connectivity index (χ1v) is 15.8. The number of hydrogen-bond acceptors (Lipinski definition) is 3. The second-order valence-corrected chi connectivity index (χ2v) is 12.0. The molecule has 0 amide bonds. The number of hydrogen-bond donors (Lipinski definition) is 0. The first-order valence-electron chi connectivity index (χ1n) is 15.8. The average molecular weight is 588 g/mol. The van der Waals surface area contributed by atoms with Crippen molar-refractivity contribution in [2.24, 2.45) is 11.8 Å². The summed E-state index contributed by atoms with van der Waals surface area (Å²) >= 11 is 0. The smallest absolute Gasteiger partial charge is 0.164 e. The minimum atomic E-state index is 0.309. The zero-order chi connectivity index (χ0) is 30.5. The Kier molecular flexibility index (Phi) is 6.27. The molecule has 216 valence electrons. The zero-order valence-corrected chi connectivity index (χ0v) is 25.1. The van der Waals surface area contributed by atoms with Gasteiger partial charge in [0.2, 0.25) is 0 Å². The molecule has 4 aromatic carbocycles. The highest BCUT2D eigenvalue weighted by atomic mass is 15.0. The summed E-state index contributed by atoms with van der Waals surface area (Å²) in [6.07, 6.45) is 20.3. The molecule has 46 heavy (non-hydrogen) atoms. The maximum absolute atomic E-state index is 5.22. The van der Waals surface area contributed by atoms with Crippen molar-refractivity contribution in [3.05, 3.63) is 192 Å². The highest BCUT2D eigenvalue weighted by molar-refractivity contribution is 5.86. The van der Waals surface area contributed by atoms with Gasteiger partial charge in [0.1, 0.15) is 0 Å². The van der Waals surface area contributed by atoms with Crippen LogP contribution in [0.2, 0.25) is 0 Å². The first kappa shape index (κ1) is 26.5. The summed E-state index contributed by atoms with van der Waals surface area (Å²) in [6, 6.07) is 37.7. The van der Waals surface area contributed by atoms with Crippen LogP contribution in [0.5, 0.6) is 0 Å². The van der Waals surface area contributed by atoms with E-state index in [4.69, 9.17) is 15.0 Å². The van der Waals surface area contributed by atoms with E-state index in [0.29, 0.717) is 29.3 Å². The third-order valence-electron chi connectivity index (χ3n) is 9.33. The molecule has 4 aliphatic rings. The lowest BCUT2D eigenvalue weighted by atomic mass is 9.64. The molecule has 0 bridgehead atoms. The molecule has 0 aliphatic heterocycles. The van der Waals surface area contributed by atoms with Crippen LogP contribution in [0.15, 0.2) is 186 Å². The second-order valence-electron chi connectivity index (χ2n) is 12.0. The van der Waals surface area contributed by atoms with Crippen LogP contribution in [0.25, 0.3) is 50.6 Å². The van der Waals surface area contributed by atoms with E-state index in [-0.39, 0.29) is 0 Å². The Morgan fingerprint density at radius 3 is 1.48 bits per heavy atom. The molecule has 0 radical (unpaired) electrons. The Balaban J connectivity index is 1.26. The fraction of sp³-hybridized carbons (Fsp3) is 0.0465. The van der Waals surface area contributed by atoms with Crippen LogP contribution in [-0.4, -0.2) is 15.0 Å². The molecule has 2 unspecified atom stereocenters. The van der Waals surface area contributed by atoms with Crippen LogP contribution in [-0.2, 0) is 0 Å². The third-order valence-corrected chi connectivity index (χ3v) is 9.33. The summed E-state index contributed by atoms with van der Waals surface area (Å²) in [6.45, 7) is 0. The van der Waals surface area contributed by atoms with Gasteiger partial charge in [-0.2, -0.15) is 0 Å². The molecule has 1 heterocycles. The van der Waals surface area contributed by atoms with Gasteiger partial charge in [0.05, 0.1) is 0 Å². The predicted octanol–water partition coefficient (Wildman–Crippen LogP) is 10.0. The number of rotatable bonds is 5. The molecule has 0 saturated heterocycles. The van der Waals surface area contributed by atoms with Crippen molar-refractivity contribution in [1.82, 2.24) is 15.0 Å². The minimum absolute atomic E-state index is 0.309. The largest absolute Gasteiger partial charge is 0.208 e. The van der Waals surface area contributed by atoms with E-state index in [1.807, 2.05) is 12.1 Å². The summed E-state index contributed by atoms with van der Waals surface area (Å²) in [5.74, 6) is 2.66. The van der Waals surface area contributed by atoms with E-state index in [1.165, 1.54) is 22.3 Å². The van der Waals surface area contributed by atoms with E-state index in [1.54, 1.807) is 0 Å². The van der Waals surface area contributed by atoms with Crippen molar-refractivity contribution >= 4 is 5.57 Å². The van der Waals surface area contributed by atoms with Gasteiger partial charge in [0, 0.05) is 28.5 Å². The highest BCUT2D eigenvalue weighted by Gasteiger charge is 2.38. The quantitative estimate of drug-likeness (QED) is 0.205. The molecule has 1 aromatic heterocycles. The number of allylic oxidation sites excluding steroid dienone is 14. The molecular weight excluding hydrogens is 558 g/mol. The van der Waals surface area contributed by atoms with Gasteiger partial charge >= 0.3 is 0 Å². The molecule has 0 spiro atoms. The van der Waals surface area contributed by atoms with Crippen LogP contribution in [0, 0.1) is 11.8 Å². The van der Waals surface area contributed by atoms with E-state index in [9.17, 15) is 0 Å². The van der Waals surface area contributed by atoms with Gasteiger partial charge < -0.3 is 0 Å². The van der Waals surface area contributed by atoms with Gasteiger partial charge in [-0.25, -0.2) is 15.0 Å². The molecule has 2 atom stereocenters. The summed E-state index contributed by atoms with van der Waals surface area (Å²) < 4.78 is 0. The van der Waals surface area contributed by atoms with Crippen molar-refractivity contribution in [3.63, 3.8) is 0 Å². The zero-order valence-electron chi connectivity index (χ0n) is 25.1. The Hall–Kier alpha value is -5.93. The van der Waals surface area contributed by atoms with Crippen molar-refractivity contribution in [2.45, 2.75) is 0 Å². The summed E-state index contributed by atoms with van der Waals surface area (Å²) in [5, 5.41) is 0. The topological polar surface area (TPSA) is 38.7 Å². The Bertz CT molecular complexity index is 2140. The Morgan fingerprint density at radius 1 is 0.370 bits per heavy atom. The van der Waals surface area contributed by atoms with Crippen LogP contribution >= 0.6 is 0 Å². The maximum Gasteiger partial charge on any atom is 0.164 e. The lowest BCUT2D eigenvalue weighted by molar-refractivity contribution is 0.565. The molecule has 0 fully saturated rings. The summed E-state index contributed by atoms with van der Waals surface area (Å²) in [4.78, 5) is 15.6. The van der Waals surface area contributed by atoms with Gasteiger partial charge in [0.15, 0.2) is 17.5 Å². The molecule has 4 aliphatic carbocycles. The van der Waals surface area contributed by atoms with Gasteiger partial charge in [-0.05, 0) is 56.7 Å². The van der Waals surface area contributed by atoms with E-state index < -0.39 is 0 Å². The van der Waals surface area contributed by atoms with Gasteiger partial charge in [-0.1, -0.05) is 152 Å². The number of nitrogens with zero attached hydrogens (tertiary/aromatic N) is 3. The van der Waals surface area contributed by atoms with Gasteiger partial charge in [0.25, 0.3) is 0 Å². The standard InChI is InChI=1S/C43H29N3/c1-3-12-28(13-4-1)35-18-7-9-20-37(35)42-44-41(45-43(46-42)38-21-10-8-19-36(38)29-14-5-2-6-15-29)34-26-32-24-22-30-16-11-17-31-23-25-33(27-34)40(32)39(30)31/h1-27,39-40H. The molecule has 0 saturated carbocycles. The lowest BCUT2D eigenvalue weighted by Crippen LogP contribution is -2.28. The van der Waals surface area contributed by atoms with Crippen LogP contribution in [0.4, 0.5) is 0 Å². The number of aromatic nitrogens is 3. The monoisotopic (exact) mass is 587 g/mol. The average Bonchev–Trinajstić information content (AvgIpc) is 3.14. The van der Waals surface area contributed by atoms with Crippen molar-refractivity contribution in [1.29, 1.82) is 0 Å². The van der Waals surface area contributed by atoms with Crippen LogP contribution in [0.1, 0.15) is 5.82 Å². The fourth-order valence-corrected chi connectivity index (χ4v) is 7.19. The third kappa shape index (κ3) is 4.48. The normalized spacial score (nSPS) is 18.9. The van der Waals surface area contributed by atoms with E-state index >= 15 is 0 Å². The lowest BCUT2D eigenvalue weighted by Gasteiger charge is -2.39. The number of benzene rings is 4. The SMILES string of the molecule is C1=CC2=CC=C3C=C(c4nc(-c5ccccc5-c5ccccc5)nc(-c5ccccc5-c5ccccc5)n4)C=C4C=CC(=C1)C2C34. The van der Waals surface area contributed by atoms with Crippen molar-refractivity contribution in [2.75, 3.05) is 0 Å². The molecule has 3 heteroatoms. The maximum atomic E-state index is 5.22. The van der Waals surface area contributed by atoms with E-state index in [0.717, 1.165) is 39.0 Å². The van der Waals surface area contributed by atoms with Crippen molar-refractivity contribution < 1.29 is 0 Å². The minimum Gasteiger partial charge on any atom is -0.208 e. The Morgan fingerprint density at radius 2 is 0.848 bits per heavy atom. The fourth-order valence-electron chi connectivity index (χ4n) is 7.19. The van der Waals surface area contributed by atoms with Gasteiger partial charge in [-0.3, -0.25) is 0 Å². The Labute approximate surface area is 268 Å². The summed E-state index contributed by atoms with van der Waals surface area (Å²) in [5.41, 5.74) is 12.7. The van der Waals surface area contributed by atoms with Crippen molar-refractivity contribution in [3.8, 4) is 45.0 Å².